The zero-order valence-corrected chi connectivity index (χ0v) is 16.8. The van der Waals surface area contributed by atoms with E-state index in [1.165, 1.54) is 15.8 Å². The molecule has 0 N–H and O–H groups in total. The van der Waals surface area contributed by atoms with Gasteiger partial charge >= 0.3 is 0 Å². The van der Waals surface area contributed by atoms with E-state index in [9.17, 15) is 9.59 Å². The smallest absolute Gasteiger partial charge is 0.262 e. The second-order valence-corrected chi connectivity index (χ2v) is 9.54. The molecular formula is C22H24N2O2S. The molecule has 4 nitrogen and oxygen atoms in total. The number of carbonyl (C=O) groups is 1. The maximum absolute atomic E-state index is 13.1. The summed E-state index contributed by atoms with van der Waals surface area (Å²) < 4.78 is 1.46. The number of nitrogens with zero attached hydrogens (tertiary/aromatic N) is 2. The van der Waals surface area contributed by atoms with Crippen LogP contribution >= 0.6 is 11.3 Å². The Kier molecular flexibility index (Phi) is 4.50. The Balaban J connectivity index is 1.69. The summed E-state index contributed by atoms with van der Waals surface area (Å²) >= 11 is 1.65. The molecular weight excluding hydrogens is 356 g/mol. The molecule has 140 valence electrons. The lowest BCUT2D eigenvalue weighted by molar-refractivity contribution is 0.0970. The Morgan fingerprint density at radius 2 is 2.00 bits per heavy atom. The summed E-state index contributed by atoms with van der Waals surface area (Å²) in [4.78, 5) is 32.2. The van der Waals surface area contributed by atoms with E-state index in [1.54, 1.807) is 23.5 Å². The highest BCUT2D eigenvalue weighted by Crippen LogP contribution is 2.41. The number of aromatic nitrogens is 2. The third-order valence-electron chi connectivity index (χ3n) is 5.67. The van der Waals surface area contributed by atoms with Crippen LogP contribution < -0.4 is 5.56 Å². The molecule has 1 aliphatic rings. The Morgan fingerprint density at radius 1 is 1.26 bits per heavy atom. The largest absolute Gasteiger partial charge is 0.292 e. The van der Waals surface area contributed by atoms with Gasteiger partial charge in [-0.1, -0.05) is 51.1 Å². The third kappa shape index (κ3) is 3.36. The van der Waals surface area contributed by atoms with Crippen LogP contribution in [0.4, 0.5) is 0 Å². The van der Waals surface area contributed by atoms with Crippen molar-refractivity contribution in [2.24, 2.45) is 11.3 Å². The average Bonchev–Trinajstić information content (AvgIpc) is 3.02. The van der Waals surface area contributed by atoms with Crippen LogP contribution in [-0.4, -0.2) is 15.3 Å². The van der Waals surface area contributed by atoms with Crippen molar-refractivity contribution in [1.82, 2.24) is 9.55 Å². The highest BCUT2D eigenvalue weighted by molar-refractivity contribution is 7.18. The molecule has 0 fully saturated rings. The van der Waals surface area contributed by atoms with Gasteiger partial charge in [0.15, 0.2) is 5.78 Å². The lowest BCUT2D eigenvalue weighted by Gasteiger charge is -2.33. The molecule has 0 radical (unpaired) electrons. The fourth-order valence-electron chi connectivity index (χ4n) is 3.92. The molecule has 0 bridgehead atoms. The number of benzene rings is 1. The summed E-state index contributed by atoms with van der Waals surface area (Å²) in [6, 6.07) is 9.09. The van der Waals surface area contributed by atoms with Gasteiger partial charge in [0.05, 0.1) is 18.3 Å². The summed E-state index contributed by atoms with van der Waals surface area (Å²) in [6.45, 7) is 6.89. The molecule has 1 atom stereocenters. The maximum atomic E-state index is 13.1. The molecule has 3 aromatic rings. The first-order valence-corrected chi connectivity index (χ1v) is 10.2. The van der Waals surface area contributed by atoms with Crippen LogP contribution in [0.5, 0.6) is 0 Å². The SMILES string of the molecule is CC(C)(C)[C@H]1CCc2c(sc3ncn(CC(=O)c4ccccc4)c(=O)c23)C1. The van der Waals surface area contributed by atoms with Gasteiger partial charge in [-0.05, 0) is 36.2 Å². The molecule has 5 heteroatoms. The molecule has 2 heterocycles. The van der Waals surface area contributed by atoms with Crippen molar-refractivity contribution in [3.8, 4) is 0 Å². The second kappa shape index (κ2) is 6.71. The Morgan fingerprint density at radius 3 is 2.70 bits per heavy atom. The molecule has 2 aromatic heterocycles. The van der Waals surface area contributed by atoms with Gasteiger partial charge in [-0.3, -0.25) is 14.2 Å². The van der Waals surface area contributed by atoms with E-state index >= 15 is 0 Å². The summed E-state index contributed by atoms with van der Waals surface area (Å²) in [6.07, 6.45) is 4.56. The predicted molar refractivity (Wildman–Crippen MR) is 110 cm³/mol. The highest BCUT2D eigenvalue weighted by atomic mass is 32.1. The normalized spacial score (nSPS) is 17.1. The second-order valence-electron chi connectivity index (χ2n) is 8.46. The van der Waals surface area contributed by atoms with Gasteiger partial charge in [0.2, 0.25) is 0 Å². The zero-order valence-electron chi connectivity index (χ0n) is 16.0. The van der Waals surface area contributed by atoms with Gasteiger partial charge in [0, 0.05) is 10.4 Å². The number of ketones is 1. The number of hydrogen-bond acceptors (Lipinski definition) is 4. The highest BCUT2D eigenvalue weighted by Gasteiger charge is 2.31. The maximum Gasteiger partial charge on any atom is 0.262 e. The average molecular weight is 381 g/mol. The Hall–Kier alpha value is -2.27. The molecule has 1 aliphatic carbocycles. The third-order valence-corrected chi connectivity index (χ3v) is 6.83. The number of hydrogen-bond donors (Lipinski definition) is 0. The van der Waals surface area contributed by atoms with Crippen molar-refractivity contribution >= 4 is 27.3 Å². The first-order valence-electron chi connectivity index (χ1n) is 9.42. The van der Waals surface area contributed by atoms with Gasteiger partial charge < -0.3 is 0 Å². The van der Waals surface area contributed by atoms with Crippen LogP contribution in [0.1, 0.15) is 48.0 Å². The standard InChI is InChI=1S/C22H24N2O2S/c1-22(2,3)15-9-10-16-18(11-15)27-20-19(16)21(26)24(13-23-20)12-17(25)14-7-5-4-6-8-14/h4-8,13,15H,9-12H2,1-3H3/t15-/m0/s1. The van der Waals surface area contributed by atoms with Crippen LogP contribution in [0.25, 0.3) is 10.2 Å². The Labute approximate surface area is 162 Å². The van der Waals surface area contributed by atoms with E-state index in [-0.39, 0.29) is 23.3 Å². The minimum atomic E-state index is -0.0870. The topological polar surface area (TPSA) is 52.0 Å². The summed E-state index contributed by atoms with van der Waals surface area (Å²) in [5.74, 6) is 0.552. The summed E-state index contributed by atoms with van der Waals surface area (Å²) in [5.41, 5.74) is 1.96. The van der Waals surface area contributed by atoms with E-state index in [0.717, 1.165) is 35.0 Å². The molecule has 0 aliphatic heterocycles. The van der Waals surface area contributed by atoms with Gasteiger partial charge in [-0.15, -0.1) is 11.3 Å². The van der Waals surface area contributed by atoms with Crippen LogP contribution in [0.2, 0.25) is 0 Å². The van der Waals surface area contributed by atoms with E-state index in [1.807, 2.05) is 18.2 Å². The zero-order chi connectivity index (χ0) is 19.2. The minimum Gasteiger partial charge on any atom is -0.292 e. The van der Waals surface area contributed by atoms with Crippen LogP contribution in [-0.2, 0) is 19.4 Å². The van der Waals surface area contributed by atoms with Gasteiger partial charge in [0.1, 0.15) is 4.83 Å². The monoisotopic (exact) mass is 380 g/mol. The minimum absolute atomic E-state index is 0.0288. The van der Waals surface area contributed by atoms with Crippen molar-refractivity contribution in [2.45, 2.75) is 46.6 Å². The molecule has 0 saturated heterocycles. The fraction of sp³-hybridized carbons (Fsp3) is 0.409. The van der Waals surface area contributed by atoms with E-state index in [4.69, 9.17) is 0 Å². The van der Waals surface area contributed by atoms with Crippen LogP contribution in [0, 0.1) is 11.3 Å². The molecule has 4 rings (SSSR count). The quantitative estimate of drug-likeness (QED) is 0.629. The summed E-state index contributed by atoms with van der Waals surface area (Å²) in [5, 5.41) is 0.728. The van der Waals surface area contributed by atoms with Crippen molar-refractivity contribution < 1.29 is 4.79 Å². The van der Waals surface area contributed by atoms with Gasteiger partial charge in [-0.25, -0.2) is 4.98 Å². The molecule has 0 spiro atoms. The lowest BCUT2D eigenvalue weighted by Crippen LogP contribution is -2.27. The molecule has 0 saturated carbocycles. The van der Waals surface area contributed by atoms with Crippen LogP contribution in [0.15, 0.2) is 41.5 Å². The first kappa shape index (κ1) is 18.1. The fourth-order valence-corrected chi connectivity index (χ4v) is 5.18. The van der Waals surface area contributed by atoms with Crippen molar-refractivity contribution in [1.29, 1.82) is 0 Å². The van der Waals surface area contributed by atoms with Crippen molar-refractivity contribution in [3.63, 3.8) is 0 Å². The number of aryl methyl sites for hydroxylation is 1. The number of thiophene rings is 1. The predicted octanol–water partition coefficient (Wildman–Crippen LogP) is 4.49. The number of rotatable bonds is 3. The molecule has 0 amide bonds. The van der Waals surface area contributed by atoms with Crippen molar-refractivity contribution in [3.05, 3.63) is 63.0 Å². The lowest BCUT2D eigenvalue weighted by atomic mass is 9.72. The number of fused-ring (bicyclic) bond motifs is 3. The Bertz CT molecular complexity index is 1060. The molecule has 0 unspecified atom stereocenters. The molecule has 27 heavy (non-hydrogen) atoms. The van der Waals surface area contributed by atoms with Gasteiger partial charge in [0.25, 0.3) is 5.56 Å². The van der Waals surface area contributed by atoms with E-state index < -0.39 is 0 Å². The first-order chi connectivity index (χ1) is 12.8. The summed E-state index contributed by atoms with van der Waals surface area (Å²) in [7, 11) is 0. The van der Waals surface area contributed by atoms with Gasteiger partial charge in [-0.2, -0.15) is 0 Å². The molecule has 1 aromatic carbocycles. The van der Waals surface area contributed by atoms with E-state index in [2.05, 4.69) is 25.8 Å². The van der Waals surface area contributed by atoms with Crippen molar-refractivity contribution in [2.75, 3.05) is 0 Å². The van der Waals surface area contributed by atoms with Crippen LogP contribution in [0.3, 0.4) is 0 Å². The van der Waals surface area contributed by atoms with E-state index in [0.29, 0.717) is 11.5 Å². The number of carbonyl (C=O) groups excluding carboxylic acids is 1. The number of Topliss-reactive ketones (excluding diaryl/α,β-unsaturated/α-hetero) is 1.